The van der Waals surface area contributed by atoms with E-state index in [1.54, 1.807) is 0 Å². The van der Waals surface area contributed by atoms with Gasteiger partial charge < -0.3 is 14.0 Å². The van der Waals surface area contributed by atoms with Crippen molar-refractivity contribution in [1.82, 2.24) is 4.57 Å². The maximum Gasteiger partial charge on any atom is 0.260 e. The molecule has 186 valence electrons. The summed E-state index contributed by atoms with van der Waals surface area (Å²) in [6.45, 7) is 0.0895. The Bertz CT molecular complexity index is 2070. The fourth-order valence-electron chi connectivity index (χ4n) is 6.56. The first-order valence-corrected chi connectivity index (χ1v) is 13.6. The maximum absolute atomic E-state index is 6.50. The molecule has 0 spiro atoms. The summed E-state index contributed by atoms with van der Waals surface area (Å²) in [5.74, 6) is 3.55. The zero-order chi connectivity index (χ0) is 26.2. The molecular weight excluding hydrogens is 489 g/mol. The summed E-state index contributed by atoms with van der Waals surface area (Å²) in [4.78, 5) is 0. The predicted octanol–water partition coefficient (Wildman–Crippen LogP) is 7.18. The number of fused-ring (bicyclic) bond motifs is 7. The molecule has 0 unspecified atom stereocenters. The molecule has 0 saturated carbocycles. The van der Waals surface area contributed by atoms with Gasteiger partial charge in [0.15, 0.2) is 0 Å². The minimum Gasteiger partial charge on any atom is -0.458 e. The Labute approximate surface area is 231 Å². The van der Waals surface area contributed by atoms with Gasteiger partial charge in [-0.15, -0.1) is 0 Å². The Kier molecular flexibility index (Phi) is 4.41. The zero-order valence-corrected chi connectivity index (χ0v) is 21.5. The van der Waals surface area contributed by atoms with Gasteiger partial charge in [0, 0.05) is 21.9 Å². The summed E-state index contributed by atoms with van der Waals surface area (Å²) in [5, 5.41) is 2.54. The van der Waals surface area contributed by atoms with E-state index in [-0.39, 0.29) is 6.71 Å². The topological polar surface area (TPSA) is 23.4 Å². The Balaban J connectivity index is 1.14. The Morgan fingerprint density at radius 3 is 1.77 bits per heavy atom. The number of aromatic nitrogens is 1. The molecule has 9 rings (SSSR count). The van der Waals surface area contributed by atoms with Gasteiger partial charge in [0.25, 0.3) is 6.71 Å². The zero-order valence-electron chi connectivity index (χ0n) is 21.5. The molecule has 40 heavy (non-hydrogen) atoms. The van der Waals surface area contributed by atoms with Crippen molar-refractivity contribution in [3.05, 3.63) is 133 Å². The fraction of sp³-hybridized carbons (Fsp3) is 0. The summed E-state index contributed by atoms with van der Waals surface area (Å²) in [6.07, 6.45) is 0. The highest BCUT2D eigenvalue weighted by molar-refractivity contribution is 6.98. The van der Waals surface area contributed by atoms with Gasteiger partial charge in [-0.2, -0.15) is 0 Å². The molecule has 7 aromatic rings. The normalized spacial score (nSPS) is 12.8. The fourth-order valence-corrected chi connectivity index (χ4v) is 6.56. The molecule has 6 aromatic carbocycles. The molecule has 2 aliphatic heterocycles. The van der Waals surface area contributed by atoms with E-state index in [9.17, 15) is 0 Å². The van der Waals surface area contributed by atoms with Gasteiger partial charge >= 0.3 is 0 Å². The number of nitrogens with zero attached hydrogens (tertiary/aromatic N) is 1. The van der Waals surface area contributed by atoms with Gasteiger partial charge in [-0.1, -0.05) is 84.9 Å². The van der Waals surface area contributed by atoms with Crippen LogP contribution in [0, 0.1) is 0 Å². The molecule has 3 nitrogen and oxygen atoms in total. The van der Waals surface area contributed by atoms with E-state index in [4.69, 9.17) is 9.47 Å². The van der Waals surface area contributed by atoms with Crippen molar-refractivity contribution < 1.29 is 9.47 Å². The van der Waals surface area contributed by atoms with Crippen LogP contribution in [0.25, 0.3) is 38.6 Å². The third-order valence-corrected chi connectivity index (χ3v) is 8.35. The lowest BCUT2D eigenvalue weighted by molar-refractivity contribution is 0.464. The van der Waals surface area contributed by atoms with Crippen LogP contribution in [-0.2, 0) is 0 Å². The summed E-state index contributed by atoms with van der Waals surface area (Å²) >= 11 is 0. The van der Waals surface area contributed by atoms with Gasteiger partial charge in [0.2, 0.25) is 0 Å². The molecule has 0 amide bonds. The average molecular weight is 511 g/mol. The van der Waals surface area contributed by atoms with Crippen molar-refractivity contribution in [3.63, 3.8) is 0 Å². The van der Waals surface area contributed by atoms with Gasteiger partial charge in [0.1, 0.15) is 23.0 Å². The maximum atomic E-state index is 6.50. The van der Waals surface area contributed by atoms with Crippen LogP contribution in [0.5, 0.6) is 23.0 Å². The van der Waals surface area contributed by atoms with Crippen molar-refractivity contribution in [2.75, 3.05) is 0 Å². The third kappa shape index (κ3) is 3.02. The standard InChI is InChI=1S/C36H22BNO2/c1-4-11-30-26(8-1)27-9-2-5-12-31(27)38(30)25-19-16-23(17-20-25)24-18-21-29-35(22-24)40-34-15-7-14-33-36(34)37(29)28-10-3-6-13-32(28)39-33/h1-22H. The highest BCUT2D eigenvalue weighted by Gasteiger charge is 2.39. The summed E-state index contributed by atoms with van der Waals surface area (Å²) < 4.78 is 15.1. The largest absolute Gasteiger partial charge is 0.458 e. The quantitative estimate of drug-likeness (QED) is 0.230. The lowest BCUT2D eigenvalue weighted by Crippen LogP contribution is -2.57. The van der Waals surface area contributed by atoms with E-state index < -0.39 is 0 Å². The number of hydrogen-bond acceptors (Lipinski definition) is 2. The summed E-state index contributed by atoms with van der Waals surface area (Å²) in [5.41, 5.74) is 9.32. The number of benzene rings is 6. The second kappa shape index (κ2) is 8.14. The van der Waals surface area contributed by atoms with Gasteiger partial charge in [-0.3, -0.25) is 0 Å². The molecule has 2 aliphatic rings. The molecule has 3 heterocycles. The van der Waals surface area contributed by atoms with E-state index in [0.717, 1.165) is 45.3 Å². The number of rotatable bonds is 2. The van der Waals surface area contributed by atoms with E-state index in [0.29, 0.717) is 0 Å². The molecule has 0 saturated heterocycles. The van der Waals surface area contributed by atoms with Gasteiger partial charge in [-0.05, 0) is 70.6 Å². The molecule has 0 radical (unpaired) electrons. The summed E-state index contributed by atoms with van der Waals surface area (Å²) in [6, 6.07) is 47.1. The van der Waals surface area contributed by atoms with Gasteiger partial charge in [0.05, 0.1) is 11.0 Å². The first kappa shape index (κ1) is 21.7. The first-order chi connectivity index (χ1) is 19.8. The van der Waals surface area contributed by atoms with Crippen molar-refractivity contribution in [1.29, 1.82) is 0 Å². The monoisotopic (exact) mass is 511 g/mol. The van der Waals surface area contributed by atoms with E-state index in [2.05, 4.69) is 108 Å². The van der Waals surface area contributed by atoms with Crippen LogP contribution in [0.3, 0.4) is 0 Å². The van der Waals surface area contributed by atoms with Crippen LogP contribution < -0.4 is 25.9 Å². The SMILES string of the molecule is c1ccc2c(c1)Oc1cccc3c1B2c1ccc(-c2ccc(-n4c5ccccc5c5ccccc54)cc2)cc1O3. The van der Waals surface area contributed by atoms with E-state index in [1.165, 1.54) is 32.7 Å². The van der Waals surface area contributed by atoms with Crippen LogP contribution in [0.2, 0.25) is 0 Å². The minimum absolute atomic E-state index is 0.0895. The van der Waals surface area contributed by atoms with E-state index >= 15 is 0 Å². The minimum atomic E-state index is 0.0895. The Hall–Kier alpha value is -5.22. The Morgan fingerprint density at radius 2 is 1.02 bits per heavy atom. The molecule has 0 fully saturated rings. The molecule has 0 N–H and O–H groups in total. The lowest BCUT2D eigenvalue weighted by atomic mass is 9.35. The van der Waals surface area contributed by atoms with Crippen molar-refractivity contribution in [2.24, 2.45) is 0 Å². The highest BCUT2D eigenvalue weighted by atomic mass is 16.5. The van der Waals surface area contributed by atoms with Crippen LogP contribution in [0.1, 0.15) is 0 Å². The number of hydrogen-bond donors (Lipinski definition) is 0. The molecule has 0 atom stereocenters. The molecule has 1 aromatic heterocycles. The van der Waals surface area contributed by atoms with Crippen LogP contribution in [0.4, 0.5) is 0 Å². The highest BCUT2D eigenvalue weighted by Crippen LogP contribution is 2.36. The van der Waals surface area contributed by atoms with Crippen molar-refractivity contribution in [2.45, 2.75) is 0 Å². The number of ether oxygens (including phenoxy) is 2. The van der Waals surface area contributed by atoms with E-state index in [1.807, 2.05) is 30.3 Å². The average Bonchev–Trinajstić information content (AvgIpc) is 3.35. The molecule has 4 heteroatoms. The summed E-state index contributed by atoms with van der Waals surface area (Å²) in [7, 11) is 0. The predicted molar refractivity (Wildman–Crippen MR) is 164 cm³/mol. The lowest BCUT2D eigenvalue weighted by Gasteiger charge is -2.32. The molecular formula is C36H22BNO2. The second-order valence-corrected chi connectivity index (χ2v) is 10.5. The van der Waals surface area contributed by atoms with Crippen molar-refractivity contribution >= 4 is 44.9 Å². The second-order valence-electron chi connectivity index (χ2n) is 10.5. The molecule has 0 aliphatic carbocycles. The smallest absolute Gasteiger partial charge is 0.260 e. The van der Waals surface area contributed by atoms with Crippen molar-refractivity contribution in [3.8, 4) is 39.8 Å². The third-order valence-electron chi connectivity index (χ3n) is 8.35. The first-order valence-electron chi connectivity index (χ1n) is 13.6. The van der Waals surface area contributed by atoms with Crippen LogP contribution >= 0.6 is 0 Å². The molecule has 0 bridgehead atoms. The number of para-hydroxylation sites is 3. The van der Waals surface area contributed by atoms with Crippen LogP contribution in [0.15, 0.2) is 133 Å². The van der Waals surface area contributed by atoms with Gasteiger partial charge in [-0.25, -0.2) is 0 Å². The van der Waals surface area contributed by atoms with Crippen LogP contribution in [-0.4, -0.2) is 11.3 Å². The Morgan fingerprint density at radius 1 is 0.450 bits per heavy atom.